The Morgan fingerprint density at radius 2 is 1.90 bits per heavy atom. The van der Waals surface area contributed by atoms with Gasteiger partial charge in [0, 0.05) is 13.0 Å². The molecule has 0 spiro atoms. The van der Waals surface area contributed by atoms with Crippen LogP contribution in [0.3, 0.4) is 0 Å². The molecule has 0 unspecified atom stereocenters. The molecule has 0 saturated carbocycles. The maximum atomic E-state index is 12.8. The zero-order valence-corrected chi connectivity index (χ0v) is 11.8. The molecule has 21 heavy (non-hydrogen) atoms. The van der Waals surface area contributed by atoms with E-state index in [0.29, 0.717) is 0 Å². The smallest absolute Gasteiger partial charge is 0.326 e. The first-order chi connectivity index (χ1) is 9.76. The summed E-state index contributed by atoms with van der Waals surface area (Å²) in [6, 6.07) is 3.92. The van der Waals surface area contributed by atoms with Crippen molar-refractivity contribution in [2.24, 2.45) is 0 Å². The van der Waals surface area contributed by atoms with Crippen molar-refractivity contribution in [1.82, 2.24) is 5.32 Å². The summed E-state index contributed by atoms with van der Waals surface area (Å²) >= 11 is 0. The summed E-state index contributed by atoms with van der Waals surface area (Å²) < 4.78 is 18.2. The monoisotopic (exact) mass is 299 g/mol. The first-order valence-electron chi connectivity index (χ1n) is 6.35. The summed E-state index contributed by atoms with van der Waals surface area (Å²) in [7, 11) is 0. The van der Waals surface area contributed by atoms with Gasteiger partial charge in [-0.2, -0.15) is 0 Å². The molecule has 0 aliphatic carbocycles. The third-order valence-electron chi connectivity index (χ3n) is 2.75. The molecule has 1 amide bonds. The lowest BCUT2D eigenvalue weighted by Crippen LogP contribution is -2.52. The van der Waals surface area contributed by atoms with Gasteiger partial charge in [-0.1, -0.05) is 0 Å². The molecule has 0 saturated heterocycles. The number of carboxylic acids is 1. The molecule has 0 bridgehead atoms. The fourth-order valence-electron chi connectivity index (χ4n) is 1.56. The third kappa shape index (κ3) is 5.03. The van der Waals surface area contributed by atoms with Crippen LogP contribution in [0, 0.1) is 5.82 Å². The molecule has 0 fully saturated rings. The average Bonchev–Trinajstić information content (AvgIpc) is 2.40. The molecular weight excluding hydrogens is 281 g/mol. The van der Waals surface area contributed by atoms with Gasteiger partial charge in [0.15, 0.2) is 5.60 Å². The van der Waals surface area contributed by atoms with Crippen LogP contribution in [0.5, 0.6) is 5.75 Å². The van der Waals surface area contributed by atoms with Gasteiger partial charge in [-0.15, -0.1) is 0 Å². The van der Waals surface area contributed by atoms with Crippen LogP contribution in [0.4, 0.5) is 4.39 Å². The van der Waals surface area contributed by atoms with Gasteiger partial charge in [0.1, 0.15) is 17.6 Å². The van der Waals surface area contributed by atoms with Crippen molar-refractivity contribution in [3.8, 4) is 5.75 Å². The van der Waals surface area contributed by atoms with Gasteiger partial charge in [-0.3, -0.25) is 4.79 Å². The van der Waals surface area contributed by atoms with E-state index in [0.717, 1.165) is 0 Å². The normalized spacial score (nSPS) is 12.6. The van der Waals surface area contributed by atoms with Crippen LogP contribution in [0.1, 0.15) is 20.3 Å². The Morgan fingerprint density at radius 1 is 1.33 bits per heavy atom. The molecule has 6 nitrogen and oxygen atoms in total. The second-order valence-corrected chi connectivity index (χ2v) is 4.94. The van der Waals surface area contributed by atoms with Crippen molar-refractivity contribution in [2.75, 3.05) is 6.61 Å². The van der Waals surface area contributed by atoms with Gasteiger partial charge in [0.05, 0.1) is 0 Å². The van der Waals surface area contributed by atoms with E-state index >= 15 is 0 Å². The molecule has 0 aliphatic heterocycles. The minimum atomic E-state index is -1.35. The molecule has 0 radical (unpaired) electrons. The number of hydrogen-bond acceptors (Lipinski definition) is 4. The van der Waals surface area contributed by atoms with Gasteiger partial charge in [0.2, 0.25) is 0 Å². The predicted molar refractivity (Wildman–Crippen MR) is 72.4 cm³/mol. The number of aliphatic hydroxyl groups is 1. The molecule has 1 aromatic rings. The van der Waals surface area contributed by atoms with E-state index in [-0.39, 0.29) is 18.8 Å². The van der Waals surface area contributed by atoms with Crippen LogP contribution in [-0.2, 0) is 9.59 Å². The molecule has 0 aliphatic rings. The van der Waals surface area contributed by atoms with E-state index in [1.165, 1.54) is 38.1 Å². The predicted octanol–water partition coefficient (Wildman–Crippen LogP) is 0.935. The minimum Gasteiger partial charge on any atom is -0.480 e. The van der Waals surface area contributed by atoms with Crippen molar-refractivity contribution >= 4 is 11.9 Å². The lowest BCUT2D eigenvalue weighted by molar-refractivity contribution is -0.145. The Kier molecular flexibility index (Phi) is 5.66. The zero-order valence-electron chi connectivity index (χ0n) is 11.8. The number of aliphatic hydroxyl groups excluding tert-OH is 1. The summed E-state index contributed by atoms with van der Waals surface area (Å²) in [5.74, 6) is -2.04. The Labute approximate surface area is 121 Å². The number of hydrogen-bond donors (Lipinski definition) is 3. The second-order valence-electron chi connectivity index (χ2n) is 4.94. The van der Waals surface area contributed by atoms with Crippen molar-refractivity contribution in [3.63, 3.8) is 0 Å². The highest BCUT2D eigenvalue weighted by Crippen LogP contribution is 2.19. The molecular formula is C14H18FNO5. The Balaban J connectivity index is 2.74. The Hall–Kier alpha value is -2.15. The summed E-state index contributed by atoms with van der Waals surface area (Å²) in [5.41, 5.74) is -1.35. The zero-order chi connectivity index (χ0) is 16.0. The number of carbonyl (C=O) groups excluding carboxylic acids is 1. The SMILES string of the molecule is CC(C)(Oc1ccc(F)cc1)C(=O)N[C@H](CCO)C(=O)O. The number of benzene rings is 1. The number of rotatable bonds is 7. The fourth-order valence-corrected chi connectivity index (χ4v) is 1.56. The van der Waals surface area contributed by atoms with Gasteiger partial charge in [0.25, 0.3) is 5.91 Å². The number of carboxylic acid groups (broad SMARTS) is 1. The summed E-state index contributed by atoms with van der Waals surface area (Å²) in [6.07, 6.45) is -0.103. The molecule has 0 heterocycles. The van der Waals surface area contributed by atoms with Crippen LogP contribution in [0.25, 0.3) is 0 Å². The van der Waals surface area contributed by atoms with Gasteiger partial charge in [-0.25, -0.2) is 9.18 Å². The van der Waals surface area contributed by atoms with Crippen molar-refractivity contribution in [2.45, 2.75) is 31.9 Å². The Bertz CT molecular complexity index is 501. The van der Waals surface area contributed by atoms with Crippen LogP contribution >= 0.6 is 0 Å². The number of ether oxygens (including phenoxy) is 1. The number of aliphatic carboxylic acids is 1. The lowest BCUT2D eigenvalue weighted by Gasteiger charge is -2.27. The summed E-state index contributed by atoms with van der Waals surface area (Å²) in [4.78, 5) is 23.0. The van der Waals surface area contributed by atoms with Crippen LogP contribution in [0.2, 0.25) is 0 Å². The number of amides is 1. The summed E-state index contributed by atoms with van der Waals surface area (Å²) in [5, 5.41) is 20.0. The molecule has 0 aromatic heterocycles. The van der Waals surface area contributed by atoms with Crippen LogP contribution in [-0.4, -0.2) is 40.3 Å². The molecule has 7 heteroatoms. The van der Waals surface area contributed by atoms with Gasteiger partial charge in [-0.05, 0) is 38.1 Å². The lowest BCUT2D eigenvalue weighted by atomic mass is 10.1. The highest BCUT2D eigenvalue weighted by molar-refractivity contribution is 5.88. The van der Waals surface area contributed by atoms with Gasteiger partial charge >= 0.3 is 5.97 Å². The second kappa shape index (κ2) is 7.03. The molecule has 1 rings (SSSR count). The molecule has 3 N–H and O–H groups in total. The van der Waals surface area contributed by atoms with E-state index < -0.39 is 29.3 Å². The number of carbonyl (C=O) groups is 2. The quantitative estimate of drug-likeness (QED) is 0.696. The standard InChI is InChI=1S/C14H18FNO5/c1-14(2,21-10-5-3-9(15)4-6-10)13(20)16-11(7-8-17)12(18)19/h3-6,11,17H,7-8H2,1-2H3,(H,16,20)(H,18,19)/t11-/m1/s1. The van der Waals surface area contributed by atoms with E-state index in [1.54, 1.807) is 0 Å². The summed E-state index contributed by atoms with van der Waals surface area (Å²) in [6.45, 7) is 2.56. The first-order valence-corrected chi connectivity index (χ1v) is 6.35. The van der Waals surface area contributed by atoms with Crippen molar-refractivity contribution < 1.29 is 28.9 Å². The van der Waals surface area contributed by atoms with Crippen molar-refractivity contribution in [3.05, 3.63) is 30.1 Å². The third-order valence-corrected chi connectivity index (χ3v) is 2.75. The average molecular weight is 299 g/mol. The van der Waals surface area contributed by atoms with Crippen LogP contribution < -0.4 is 10.1 Å². The fraction of sp³-hybridized carbons (Fsp3) is 0.429. The highest BCUT2D eigenvalue weighted by atomic mass is 19.1. The molecule has 1 aromatic carbocycles. The maximum Gasteiger partial charge on any atom is 0.326 e. The first kappa shape index (κ1) is 16.9. The van der Waals surface area contributed by atoms with E-state index in [1.807, 2.05) is 0 Å². The maximum absolute atomic E-state index is 12.8. The minimum absolute atomic E-state index is 0.103. The topological polar surface area (TPSA) is 95.9 Å². The Morgan fingerprint density at radius 3 is 2.38 bits per heavy atom. The van der Waals surface area contributed by atoms with Crippen molar-refractivity contribution in [1.29, 1.82) is 0 Å². The number of nitrogens with one attached hydrogen (secondary N) is 1. The van der Waals surface area contributed by atoms with E-state index in [2.05, 4.69) is 5.32 Å². The number of halogens is 1. The van der Waals surface area contributed by atoms with E-state index in [4.69, 9.17) is 14.9 Å². The molecule has 1 atom stereocenters. The largest absolute Gasteiger partial charge is 0.480 e. The van der Waals surface area contributed by atoms with Gasteiger partial charge < -0.3 is 20.3 Å². The molecule has 116 valence electrons. The van der Waals surface area contributed by atoms with Crippen LogP contribution in [0.15, 0.2) is 24.3 Å². The van der Waals surface area contributed by atoms with E-state index in [9.17, 15) is 14.0 Å². The highest BCUT2D eigenvalue weighted by Gasteiger charge is 2.33.